The van der Waals surface area contributed by atoms with Crippen LogP contribution in [0.2, 0.25) is 0 Å². The summed E-state index contributed by atoms with van der Waals surface area (Å²) in [4.78, 5) is 11.3. The minimum atomic E-state index is -0.217. The topological polar surface area (TPSA) is 49.3 Å². The highest BCUT2D eigenvalue weighted by Gasteiger charge is 2.25. The lowest BCUT2D eigenvalue weighted by Gasteiger charge is -2.16. The Morgan fingerprint density at radius 3 is 2.86 bits per heavy atom. The fourth-order valence-corrected chi connectivity index (χ4v) is 1.95. The maximum Gasteiger partial charge on any atom is 0.233 e. The molecule has 14 heavy (non-hydrogen) atoms. The van der Waals surface area contributed by atoms with Crippen LogP contribution in [0.3, 0.4) is 0 Å². The largest absolute Gasteiger partial charge is 0.393 e. The number of nitrogens with one attached hydrogen (secondary N) is 1. The van der Waals surface area contributed by atoms with Gasteiger partial charge in [-0.3, -0.25) is 4.79 Å². The standard InChI is InChI=1S/C10H18BrNO2/c1-2-8(11)10(14)12-6-7-4-3-5-9(7)13/h7-9,13H,2-6H2,1H3,(H,12,14). The average molecular weight is 264 g/mol. The van der Waals surface area contributed by atoms with Crippen molar-refractivity contribution in [2.45, 2.75) is 43.5 Å². The smallest absolute Gasteiger partial charge is 0.233 e. The van der Waals surface area contributed by atoms with Gasteiger partial charge in [0.2, 0.25) is 5.91 Å². The fourth-order valence-electron chi connectivity index (χ4n) is 1.78. The minimum Gasteiger partial charge on any atom is -0.393 e. The van der Waals surface area contributed by atoms with Crippen LogP contribution in [-0.2, 0) is 4.79 Å². The summed E-state index contributed by atoms with van der Waals surface area (Å²) in [5, 5.41) is 12.4. The van der Waals surface area contributed by atoms with E-state index in [1.54, 1.807) is 0 Å². The fraction of sp³-hybridized carbons (Fsp3) is 0.900. The van der Waals surface area contributed by atoms with E-state index >= 15 is 0 Å². The van der Waals surface area contributed by atoms with Crippen LogP contribution in [0.4, 0.5) is 0 Å². The van der Waals surface area contributed by atoms with Gasteiger partial charge in [0, 0.05) is 12.5 Å². The number of hydrogen-bond acceptors (Lipinski definition) is 2. The Hall–Kier alpha value is -0.0900. The molecule has 1 amide bonds. The van der Waals surface area contributed by atoms with Crippen LogP contribution in [0.1, 0.15) is 32.6 Å². The Bertz CT molecular complexity index is 199. The van der Waals surface area contributed by atoms with Gasteiger partial charge in [0.05, 0.1) is 10.9 Å². The molecule has 1 saturated carbocycles. The lowest BCUT2D eigenvalue weighted by Crippen LogP contribution is -2.36. The van der Waals surface area contributed by atoms with Crippen molar-refractivity contribution >= 4 is 21.8 Å². The quantitative estimate of drug-likeness (QED) is 0.755. The summed E-state index contributed by atoms with van der Waals surface area (Å²) >= 11 is 3.29. The van der Waals surface area contributed by atoms with Crippen molar-refractivity contribution < 1.29 is 9.90 Å². The molecule has 1 aliphatic rings. The Kier molecular flexibility index (Phi) is 4.89. The van der Waals surface area contributed by atoms with E-state index in [1.165, 1.54) is 0 Å². The minimum absolute atomic E-state index is 0.0339. The average Bonchev–Trinajstić information content (AvgIpc) is 2.59. The first-order valence-electron chi connectivity index (χ1n) is 5.25. The molecular formula is C10H18BrNO2. The molecule has 0 radical (unpaired) electrons. The van der Waals surface area contributed by atoms with Gasteiger partial charge in [-0.1, -0.05) is 29.3 Å². The Morgan fingerprint density at radius 1 is 1.64 bits per heavy atom. The zero-order valence-corrected chi connectivity index (χ0v) is 10.1. The van der Waals surface area contributed by atoms with Crippen LogP contribution in [0, 0.1) is 5.92 Å². The van der Waals surface area contributed by atoms with Crippen molar-refractivity contribution in [2.75, 3.05) is 6.54 Å². The summed E-state index contributed by atoms with van der Waals surface area (Å²) < 4.78 is 0. The third-order valence-corrected chi connectivity index (χ3v) is 3.86. The SMILES string of the molecule is CCC(Br)C(=O)NCC1CCCC1O. The van der Waals surface area contributed by atoms with Crippen LogP contribution in [0.25, 0.3) is 0 Å². The summed E-state index contributed by atoms with van der Waals surface area (Å²) in [5.74, 6) is 0.294. The molecule has 0 heterocycles. The molecule has 2 N–H and O–H groups in total. The van der Waals surface area contributed by atoms with Gasteiger partial charge in [-0.15, -0.1) is 0 Å². The molecule has 82 valence electrons. The predicted molar refractivity (Wildman–Crippen MR) is 59.4 cm³/mol. The number of rotatable bonds is 4. The second-order valence-electron chi connectivity index (χ2n) is 3.88. The van der Waals surface area contributed by atoms with Crippen molar-refractivity contribution in [1.82, 2.24) is 5.32 Å². The van der Waals surface area contributed by atoms with E-state index in [1.807, 2.05) is 6.92 Å². The van der Waals surface area contributed by atoms with Crippen molar-refractivity contribution in [3.63, 3.8) is 0 Å². The molecule has 0 spiro atoms. The van der Waals surface area contributed by atoms with Gasteiger partial charge >= 0.3 is 0 Å². The number of carbonyl (C=O) groups is 1. The van der Waals surface area contributed by atoms with Crippen LogP contribution in [0.5, 0.6) is 0 Å². The molecule has 1 aliphatic carbocycles. The first-order chi connectivity index (χ1) is 6.65. The van der Waals surface area contributed by atoms with E-state index in [0.29, 0.717) is 6.54 Å². The van der Waals surface area contributed by atoms with Gasteiger partial charge in [-0.2, -0.15) is 0 Å². The van der Waals surface area contributed by atoms with Gasteiger partial charge in [0.15, 0.2) is 0 Å². The molecule has 0 saturated heterocycles. The third kappa shape index (κ3) is 3.24. The lowest BCUT2D eigenvalue weighted by atomic mass is 10.1. The summed E-state index contributed by atoms with van der Waals surface area (Å²) in [5.41, 5.74) is 0. The van der Waals surface area contributed by atoms with Crippen molar-refractivity contribution in [3.05, 3.63) is 0 Å². The molecule has 0 aliphatic heterocycles. The highest BCUT2D eigenvalue weighted by Crippen LogP contribution is 2.24. The number of aliphatic hydroxyl groups is 1. The van der Waals surface area contributed by atoms with Gasteiger partial charge in [-0.05, 0) is 19.3 Å². The van der Waals surface area contributed by atoms with Gasteiger partial charge in [-0.25, -0.2) is 0 Å². The first kappa shape index (κ1) is 12.0. The Balaban J connectivity index is 2.22. The molecule has 1 fully saturated rings. The van der Waals surface area contributed by atoms with E-state index in [0.717, 1.165) is 25.7 Å². The summed E-state index contributed by atoms with van der Waals surface area (Å²) in [7, 11) is 0. The number of amides is 1. The lowest BCUT2D eigenvalue weighted by molar-refractivity contribution is -0.120. The molecule has 0 bridgehead atoms. The first-order valence-corrected chi connectivity index (χ1v) is 6.16. The molecule has 0 aromatic carbocycles. The van der Waals surface area contributed by atoms with E-state index in [2.05, 4.69) is 21.2 Å². The summed E-state index contributed by atoms with van der Waals surface area (Å²) in [6, 6.07) is 0. The molecule has 0 aromatic heterocycles. The number of alkyl halides is 1. The van der Waals surface area contributed by atoms with E-state index in [4.69, 9.17) is 0 Å². The third-order valence-electron chi connectivity index (χ3n) is 2.80. The molecular weight excluding hydrogens is 246 g/mol. The maximum absolute atomic E-state index is 11.4. The maximum atomic E-state index is 11.4. The molecule has 3 unspecified atom stereocenters. The Labute approximate surface area is 93.4 Å². The molecule has 4 heteroatoms. The van der Waals surface area contributed by atoms with E-state index in [-0.39, 0.29) is 22.8 Å². The van der Waals surface area contributed by atoms with E-state index in [9.17, 15) is 9.90 Å². The second kappa shape index (κ2) is 5.71. The Morgan fingerprint density at radius 2 is 2.36 bits per heavy atom. The zero-order valence-electron chi connectivity index (χ0n) is 8.50. The number of carbonyl (C=O) groups excluding carboxylic acids is 1. The number of halogens is 1. The molecule has 3 atom stereocenters. The van der Waals surface area contributed by atoms with Gasteiger partial charge in [0.25, 0.3) is 0 Å². The van der Waals surface area contributed by atoms with Crippen molar-refractivity contribution in [1.29, 1.82) is 0 Å². The monoisotopic (exact) mass is 263 g/mol. The van der Waals surface area contributed by atoms with Crippen molar-refractivity contribution in [3.8, 4) is 0 Å². The normalized spacial score (nSPS) is 28.8. The van der Waals surface area contributed by atoms with Crippen molar-refractivity contribution in [2.24, 2.45) is 5.92 Å². The highest BCUT2D eigenvalue weighted by molar-refractivity contribution is 9.10. The predicted octanol–water partition coefficient (Wildman–Crippen LogP) is 1.44. The molecule has 3 nitrogen and oxygen atoms in total. The van der Waals surface area contributed by atoms with Crippen LogP contribution >= 0.6 is 15.9 Å². The van der Waals surface area contributed by atoms with E-state index < -0.39 is 0 Å². The number of hydrogen-bond donors (Lipinski definition) is 2. The van der Waals surface area contributed by atoms with Gasteiger partial charge in [0.1, 0.15) is 0 Å². The molecule has 1 rings (SSSR count). The highest BCUT2D eigenvalue weighted by atomic mass is 79.9. The summed E-state index contributed by atoms with van der Waals surface area (Å²) in [6.07, 6.45) is 3.56. The zero-order chi connectivity index (χ0) is 10.6. The van der Waals surface area contributed by atoms with Crippen LogP contribution in [0.15, 0.2) is 0 Å². The summed E-state index contributed by atoms with van der Waals surface area (Å²) in [6.45, 7) is 2.57. The van der Waals surface area contributed by atoms with Crippen LogP contribution < -0.4 is 5.32 Å². The molecule has 0 aromatic rings. The van der Waals surface area contributed by atoms with Gasteiger partial charge < -0.3 is 10.4 Å². The second-order valence-corrected chi connectivity index (χ2v) is 4.98. The number of aliphatic hydroxyl groups excluding tert-OH is 1. The van der Waals surface area contributed by atoms with Crippen LogP contribution in [-0.4, -0.2) is 28.5 Å².